The summed E-state index contributed by atoms with van der Waals surface area (Å²) in [7, 11) is 1.57. The van der Waals surface area contributed by atoms with Crippen LogP contribution in [0, 0.1) is 0 Å². The van der Waals surface area contributed by atoms with Crippen molar-refractivity contribution < 1.29 is 12.8 Å². The summed E-state index contributed by atoms with van der Waals surface area (Å²) in [5.41, 5.74) is -1.65. The van der Waals surface area contributed by atoms with Gasteiger partial charge in [0, 0.05) is 16.1 Å². The van der Waals surface area contributed by atoms with E-state index in [9.17, 15) is 12.8 Å². The first-order valence-electron chi connectivity index (χ1n) is 5.42. The van der Waals surface area contributed by atoms with Crippen LogP contribution in [0.4, 0.5) is 4.39 Å². The molecule has 5 heteroatoms. The first-order valence-corrected chi connectivity index (χ1v) is 7.72. The van der Waals surface area contributed by atoms with Crippen LogP contribution in [-0.2, 0) is 14.5 Å². The Balaban J connectivity index is 2.63. The molecule has 0 radical (unpaired) electrons. The van der Waals surface area contributed by atoms with Gasteiger partial charge in [-0.05, 0) is 38.3 Å². The van der Waals surface area contributed by atoms with E-state index in [-0.39, 0.29) is 4.90 Å². The second-order valence-corrected chi connectivity index (χ2v) is 7.52. The minimum absolute atomic E-state index is 0.0323. The summed E-state index contributed by atoms with van der Waals surface area (Å²) in [6, 6.07) is 6.40. The summed E-state index contributed by atoms with van der Waals surface area (Å²) < 4.78 is 37.2. The van der Waals surface area contributed by atoms with Gasteiger partial charge in [-0.15, -0.1) is 0 Å². The molecule has 0 spiro atoms. The average Bonchev–Trinajstić information content (AvgIpc) is 2.95. The zero-order valence-electron chi connectivity index (χ0n) is 9.70. The average molecular weight is 277 g/mol. The number of hydrogen-bond acceptors (Lipinski definition) is 2. The summed E-state index contributed by atoms with van der Waals surface area (Å²) in [6.45, 7) is 2.97. The fraction of sp³-hybridized carbons (Fsp3) is 0.500. The third-order valence-corrected chi connectivity index (χ3v) is 4.93. The molecule has 94 valence electrons. The zero-order valence-corrected chi connectivity index (χ0v) is 11.3. The molecule has 0 bridgehead atoms. The zero-order chi connectivity index (χ0) is 12.9. The molecular formula is C12H14ClFO2S. The van der Waals surface area contributed by atoms with Crippen LogP contribution in [0.25, 0.3) is 0 Å². The summed E-state index contributed by atoms with van der Waals surface area (Å²) in [4.78, 5) is 0.0323. The minimum atomic E-state index is -3.83. The third-order valence-electron chi connectivity index (χ3n) is 3.55. The highest BCUT2D eigenvalue weighted by Gasteiger charge is 2.57. The Labute approximate surface area is 105 Å². The van der Waals surface area contributed by atoms with Gasteiger partial charge in [-0.25, -0.2) is 12.8 Å². The topological polar surface area (TPSA) is 34.1 Å². The van der Waals surface area contributed by atoms with Gasteiger partial charge in [-0.3, -0.25) is 0 Å². The van der Waals surface area contributed by atoms with E-state index in [2.05, 4.69) is 0 Å². The molecule has 17 heavy (non-hydrogen) atoms. The number of hydrogen-bond donors (Lipinski definition) is 0. The Bertz CT molecular complexity index is 542. The van der Waals surface area contributed by atoms with E-state index < -0.39 is 20.1 Å². The molecule has 1 aromatic carbocycles. The summed E-state index contributed by atoms with van der Waals surface area (Å²) >= 11 is 0. The van der Waals surface area contributed by atoms with Gasteiger partial charge < -0.3 is 0 Å². The smallest absolute Gasteiger partial charge is 0.244 e. The highest BCUT2D eigenvalue weighted by Crippen LogP contribution is 2.58. The van der Waals surface area contributed by atoms with Crippen molar-refractivity contribution in [3.05, 3.63) is 29.8 Å². The van der Waals surface area contributed by atoms with E-state index >= 15 is 0 Å². The van der Waals surface area contributed by atoms with Gasteiger partial charge in [-0.1, -0.05) is 18.2 Å². The lowest BCUT2D eigenvalue weighted by molar-refractivity contribution is 0.154. The Morgan fingerprint density at radius 1 is 1.29 bits per heavy atom. The van der Waals surface area contributed by atoms with Gasteiger partial charge in [0.2, 0.25) is 0 Å². The van der Waals surface area contributed by atoms with Gasteiger partial charge in [-0.2, -0.15) is 0 Å². The first kappa shape index (κ1) is 12.8. The Hall–Kier alpha value is -0.610. The fourth-order valence-electron chi connectivity index (χ4n) is 2.38. The first-order chi connectivity index (χ1) is 7.68. The SMILES string of the molecule is CC(C)(F)C1(c2ccccc2S(=O)(=O)Cl)CC1. The molecule has 2 nitrogen and oxygen atoms in total. The highest BCUT2D eigenvalue weighted by molar-refractivity contribution is 8.13. The molecule has 0 aromatic heterocycles. The Morgan fingerprint density at radius 3 is 2.24 bits per heavy atom. The molecule has 1 aliphatic carbocycles. The normalized spacial score (nSPS) is 19.1. The summed E-state index contributed by atoms with van der Waals surface area (Å²) in [6.07, 6.45) is 1.31. The van der Waals surface area contributed by atoms with Crippen molar-refractivity contribution in [1.29, 1.82) is 0 Å². The van der Waals surface area contributed by atoms with Crippen LogP contribution in [0.1, 0.15) is 32.3 Å². The summed E-state index contributed by atoms with van der Waals surface area (Å²) in [5, 5.41) is 0. The Morgan fingerprint density at radius 2 is 1.82 bits per heavy atom. The molecule has 1 aliphatic rings. The molecule has 2 rings (SSSR count). The quantitative estimate of drug-likeness (QED) is 0.793. The van der Waals surface area contributed by atoms with Crippen molar-refractivity contribution in [3.8, 4) is 0 Å². The van der Waals surface area contributed by atoms with Crippen molar-refractivity contribution in [2.45, 2.75) is 42.7 Å². The molecule has 1 aromatic rings. The largest absolute Gasteiger partial charge is 0.261 e. The minimum Gasteiger partial charge on any atom is -0.244 e. The van der Waals surface area contributed by atoms with Crippen molar-refractivity contribution in [2.75, 3.05) is 0 Å². The van der Waals surface area contributed by atoms with Gasteiger partial charge in [0.25, 0.3) is 9.05 Å². The fourth-order valence-corrected chi connectivity index (χ4v) is 3.55. The molecule has 1 saturated carbocycles. The van der Waals surface area contributed by atoms with Crippen molar-refractivity contribution in [3.63, 3.8) is 0 Å². The van der Waals surface area contributed by atoms with E-state index in [1.807, 2.05) is 0 Å². The highest BCUT2D eigenvalue weighted by atomic mass is 35.7. The van der Waals surface area contributed by atoms with Crippen molar-refractivity contribution in [2.24, 2.45) is 0 Å². The maximum absolute atomic E-state index is 14.2. The molecular weight excluding hydrogens is 263 g/mol. The predicted octanol–water partition coefficient (Wildman–Crippen LogP) is 3.39. The molecule has 0 amide bonds. The standard InChI is InChI=1S/C12H14ClFO2S/c1-11(2,14)12(7-8-12)9-5-3-4-6-10(9)17(13,15)16/h3-6H,7-8H2,1-2H3. The second-order valence-electron chi connectivity index (χ2n) is 4.99. The maximum Gasteiger partial charge on any atom is 0.261 e. The molecule has 0 saturated heterocycles. The van der Waals surface area contributed by atoms with Crippen LogP contribution in [0.2, 0.25) is 0 Å². The summed E-state index contributed by atoms with van der Waals surface area (Å²) in [5.74, 6) is 0. The van der Waals surface area contributed by atoms with E-state index in [1.165, 1.54) is 19.9 Å². The van der Waals surface area contributed by atoms with Gasteiger partial charge in [0.15, 0.2) is 0 Å². The molecule has 0 heterocycles. The molecule has 0 atom stereocenters. The lowest BCUT2D eigenvalue weighted by Crippen LogP contribution is -2.32. The number of rotatable bonds is 3. The van der Waals surface area contributed by atoms with Crippen LogP contribution in [0.3, 0.4) is 0 Å². The molecule has 1 fully saturated rings. The molecule has 0 aliphatic heterocycles. The van der Waals surface area contributed by atoms with Crippen molar-refractivity contribution in [1.82, 2.24) is 0 Å². The predicted molar refractivity (Wildman–Crippen MR) is 65.6 cm³/mol. The van der Waals surface area contributed by atoms with E-state index in [4.69, 9.17) is 10.7 Å². The van der Waals surface area contributed by atoms with Crippen molar-refractivity contribution >= 4 is 19.7 Å². The van der Waals surface area contributed by atoms with Gasteiger partial charge in [0.1, 0.15) is 5.67 Å². The van der Waals surface area contributed by atoms with Crippen LogP contribution in [0.5, 0.6) is 0 Å². The number of halogens is 2. The second kappa shape index (κ2) is 3.69. The van der Waals surface area contributed by atoms with Gasteiger partial charge in [0.05, 0.1) is 4.90 Å². The Kier molecular flexibility index (Phi) is 2.79. The van der Waals surface area contributed by atoms with E-state index in [1.54, 1.807) is 18.2 Å². The van der Waals surface area contributed by atoms with E-state index in [0.29, 0.717) is 18.4 Å². The maximum atomic E-state index is 14.2. The lowest BCUT2D eigenvalue weighted by Gasteiger charge is -2.28. The van der Waals surface area contributed by atoms with Crippen LogP contribution in [-0.4, -0.2) is 14.1 Å². The monoisotopic (exact) mass is 276 g/mol. The molecule has 0 unspecified atom stereocenters. The number of alkyl halides is 1. The molecule has 0 N–H and O–H groups in total. The van der Waals surface area contributed by atoms with Gasteiger partial charge >= 0.3 is 0 Å². The number of benzene rings is 1. The third kappa shape index (κ3) is 2.08. The van der Waals surface area contributed by atoms with E-state index in [0.717, 1.165) is 0 Å². The van der Waals surface area contributed by atoms with Crippen LogP contribution in [0.15, 0.2) is 29.2 Å². The van der Waals surface area contributed by atoms with Crippen LogP contribution < -0.4 is 0 Å². The lowest BCUT2D eigenvalue weighted by atomic mass is 9.82. The van der Waals surface area contributed by atoms with Crippen LogP contribution >= 0.6 is 10.7 Å².